The van der Waals surface area contributed by atoms with Gasteiger partial charge < -0.3 is 10.0 Å². The van der Waals surface area contributed by atoms with Gasteiger partial charge in [0.25, 0.3) is 0 Å². The first-order valence-corrected chi connectivity index (χ1v) is 10.3. The summed E-state index contributed by atoms with van der Waals surface area (Å²) in [5, 5.41) is 11.8. The normalized spacial score (nSPS) is 25.2. The Kier molecular flexibility index (Phi) is 4.50. The average Bonchev–Trinajstić information content (AvgIpc) is 3.17. The van der Waals surface area contributed by atoms with Gasteiger partial charge >= 0.3 is 0 Å². The standard InChI is InChI=1S/C19H20BrN3OS/c1-3-12-10-25-19-22-16(15-6-4-5-7-21-15)17(23(12)19)13-8-11(2)9-14(20)18(13)24/h4-9,12,16-17,24H,3,10H2,1-2H3/t12-,16-,17+/m1/s1. The summed E-state index contributed by atoms with van der Waals surface area (Å²) in [6.45, 7) is 4.27. The lowest BCUT2D eigenvalue weighted by Crippen LogP contribution is -2.35. The van der Waals surface area contributed by atoms with Gasteiger partial charge in [-0.15, -0.1) is 0 Å². The van der Waals surface area contributed by atoms with E-state index in [2.05, 4.69) is 45.7 Å². The number of phenolic OH excluding ortho intramolecular Hbond substituents is 1. The summed E-state index contributed by atoms with van der Waals surface area (Å²) in [6, 6.07) is 10.3. The summed E-state index contributed by atoms with van der Waals surface area (Å²) in [7, 11) is 0. The van der Waals surface area contributed by atoms with Crippen molar-refractivity contribution in [2.24, 2.45) is 4.99 Å². The lowest BCUT2D eigenvalue weighted by Gasteiger charge is -2.32. The summed E-state index contributed by atoms with van der Waals surface area (Å²) in [4.78, 5) is 11.9. The van der Waals surface area contributed by atoms with Gasteiger partial charge in [-0.1, -0.05) is 30.8 Å². The fourth-order valence-corrected chi connectivity index (χ4v) is 5.60. The van der Waals surface area contributed by atoms with Crippen LogP contribution in [0.5, 0.6) is 5.75 Å². The van der Waals surface area contributed by atoms with Crippen LogP contribution in [-0.2, 0) is 0 Å². The number of halogens is 1. The smallest absolute Gasteiger partial charge is 0.160 e. The fourth-order valence-electron chi connectivity index (χ4n) is 3.67. The number of amidine groups is 1. The van der Waals surface area contributed by atoms with Crippen LogP contribution < -0.4 is 0 Å². The monoisotopic (exact) mass is 417 g/mol. The molecule has 1 saturated heterocycles. The first-order chi connectivity index (χ1) is 12.1. The minimum atomic E-state index is -0.0994. The maximum atomic E-state index is 10.8. The number of thioether (sulfide) groups is 1. The van der Waals surface area contributed by atoms with Crippen molar-refractivity contribution in [2.45, 2.75) is 38.4 Å². The van der Waals surface area contributed by atoms with E-state index < -0.39 is 0 Å². The molecule has 0 spiro atoms. The number of aryl methyl sites for hydroxylation is 1. The average molecular weight is 418 g/mol. The van der Waals surface area contributed by atoms with Crippen molar-refractivity contribution in [3.8, 4) is 5.75 Å². The highest BCUT2D eigenvalue weighted by atomic mass is 79.9. The molecule has 25 heavy (non-hydrogen) atoms. The topological polar surface area (TPSA) is 48.7 Å². The van der Waals surface area contributed by atoms with Gasteiger partial charge in [-0.3, -0.25) is 9.98 Å². The van der Waals surface area contributed by atoms with Crippen LogP contribution in [0.1, 0.15) is 42.2 Å². The zero-order valence-corrected chi connectivity index (χ0v) is 16.6. The number of fused-ring (bicyclic) bond motifs is 1. The quantitative estimate of drug-likeness (QED) is 0.775. The van der Waals surface area contributed by atoms with Crippen LogP contribution in [0.15, 0.2) is 46.0 Å². The minimum Gasteiger partial charge on any atom is -0.506 e. The van der Waals surface area contributed by atoms with Crippen molar-refractivity contribution in [1.29, 1.82) is 0 Å². The number of hydrogen-bond donors (Lipinski definition) is 1. The van der Waals surface area contributed by atoms with Crippen molar-refractivity contribution < 1.29 is 5.11 Å². The molecule has 0 radical (unpaired) electrons. The molecule has 2 aliphatic heterocycles. The molecule has 0 bridgehead atoms. The third kappa shape index (κ3) is 2.85. The number of phenols is 1. The molecule has 4 rings (SSSR count). The molecule has 3 atom stereocenters. The molecule has 4 nitrogen and oxygen atoms in total. The summed E-state index contributed by atoms with van der Waals surface area (Å²) in [6.07, 6.45) is 2.87. The van der Waals surface area contributed by atoms with Gasteiger partial charge in [-0.25, -0.2) is 0 Å². The van der Waals surface area contributed by atoms with Gasteiger partial charge in [-0.2, -0.15) is 0 Å². The van der Waals surface area contributed by atoms with Gasteiger partial charge in [0.2, 0.25) is 0 Å². The molecule has 0 saturated carbocycles. The molecule has 2 aromatic rings. The lowest BCUT2D eigenvalue weighted by atomic mass is 9.93. The van der Waals surface area contributed by atoms with Crippen LogP contribution in [0.25, 0.3) is 0 Å². The zero-order chi connectivity index (χ0) is 17.6. The Morgan fingerprint density at radius 1 is 1.36 bits per heavy atom. The second kappa shape index (κ2) is 6.65. The van der Waals surface area contributed by atoms with Crippen molar-refractivity contribution in [3.63, 3.8) is 0 Å². The summed E-state index contributed by atoms with van der Waals surface area (Å²) in [5.41, 5.74) is 2.98. The second-order valence-electron chi connectivity index (χ2n) is 6.52. The highest BCUT2D eigenvalue weighted by Gasteiger charge is 2.46. The highest BCUT2D eigenvalue weighted by molar-refractivity contribution is 9.10. The number of aliphatic imine (C=N–C) groups is 1. The SMILES string of the molecule is CC[C@@H]1CSC2=N[C@H](c3ccccn3)[C@H](c3cc(C)cc(Br)c3O)N21. The molecule has 1 fully saturated rings. The Balaban J connectivity index is 1.86. The van der Waals surface area contributed by atoms with E-state index in [1.54, 1.807) is 0 Å². The van der Waals surface area contributed by atoms with E-state index in [1.165, 1.54) is 0 Å². The third-order valence-electron chi connectivity index (χ3n) is 4.89. The fraction of sp³-hybridized carbons (Fsp3) is 0.368. The molecule has 6 heteroatoms. The molecular formula is C19H20BrN3OS. The maximum absolute atomic E-state index is 10.8. The third-order valence-corrected chi connectivity index (χ3v) is 6.62. The largest absolute Gasteiger partial charge is 0.506 e. The Morgan fingerprint density at radius 3 is 2.92 bits per heavy atom. The van der Waals surface area contributed by atoms with Crippen LogP contribution in [0, 0.1) is 6.92 Å². The zero-order valence-electron chi connectivity index (χ0n) is 14.2. The number of aromatic hydroxyl groups is 1. The Labute approximate surface area is 160 Å². The predicted molar refractivity (Wildman–Crippen MR) is 106 cm³/mol. The molecule has 1 aromatic carbocycles. The Bertz CT molecular complexity index is 827. The molecule has 0 unspecified atom stereocenters. The molecule has 3 heterocycles. The summed E-state index contributed by atoms with van der Waals surface area (Å²) < 4.78 is 0.732. The predicted octanol–water partition coefficient (Wildman–Crippen LogP) is 4.84. The summed E-state index contributed by atoms with van der Waals surface area (Å²) in [5.74, 6) is 1.36. The van der Waals surface area contributed by atoms with Crippen molar-refractivity contribution in [2.75, 3.05) is 5.75 Å². The maximum Gasteiger partial charge on any atom is 0.160 e. The van der Waals surface area contributed by atoms with E-state index in [-0.39, 0.29) is 12.1 Å². The van der Waals surface area contributed by atoms with Crippen LogP contribution in [-0.4, -0.2) is 32.0 Å². The van der Waals surface area contributed by atoms with Crippen LogP contribution in [0.4, 0.5) is 0 Å². The number of benzene rings is 1. The summed E-state index contributed by atoms with van der Waals surface area (Å²) >= 11 is 5.31. The Morgan fingerprint density at radius 2 is 2.20 bits per heavy atom. The highest BCUT2D eigenvalue weighted by Crippen LogP contribution is 2.51. The van der Waals surface area contributed by atoms with E-state index in [0.717, 1.165) is 38.6 Å². The number of pyridine rings is 1. The molecule has 2 aliphatic rings. The number of nitrogens with zero attached hydrogens (tertiary/aromatic N) is 3. The van der Waals surface area contributed by atoms with Gasteiger partial charge in [0.05, 0.1) is 16.2 Å². The first kappa shape index (κ1) is 16.9. The second-order valence-corrected chi connectivity index (χ2v) is 8.36. The first-order valence-electron chi connectivity index (χ1n) is 8.49. The van der Waals surface area contributed by atoms with Crippen molar-refractivity contribution in [3.05, 3.63) is 57.8 Å². The van der Waals surface area contributed by atoms with Crippen LogP contribution >= 0.6 is 27.7 Å². The van der Waals surface area contributed by atoms with Crippen LogP contribution in [0.2, 0.25) is 0 Å². The minimum absolute atomic E-state index is 0.0268. The lowest BCUT2D eigenvalue weighted by molar-refractivity contribution is 0.250. The van der Waals surface area contributed by atoms with Gasteiger partial charge in [0.1, 0.15) is 11.8 Å². The van der Waals surface area contributed by atoms with Gasteiger partial charge in [-0.05, 0) is 53.0 Å². The Hall–Kier alpha value is -1.53. The van der Waals surface area contributed by atoms with Gasteiger partial charge in [0, 0.05) is 23.6 Å². The van der Waals surface area contributed by atoms with Crippen LogP contribution in [0.3, 0.4) is 0 Å². The van der Waals surface area contributed by atoms with E-state index in [1.807, 2.05) is 42.2 Å². The van der Waals surface area contributed by atoms with Crippen molar-refractivity contribution in [1.82, 2.24) is 9.88 Å². The number of aromatic nitrogens is 1. The molecule has 1 N–H and O–H groups in total. The van der Waals surface area contributed by atoms with E-state index in [0.29, 0.717) is 11.8 Å². The molecular weight excluding hydrogens is 398 g/mol. The van der Waals surface area contributed by atoms with E-state index in [9.17, 15) is 5.11 Å². The number of hydrogen-bond acceptors (Lipinski definition) is 5. The van der Waals surface area contributed by atoms with Crippen molar-refractivity contribution >= 4 is 32.9 Å². The number of rotatable bonds is 3. The van der Waals surface area contributed by atoms with E-state index >= 15 is 0 Å². The van der Waals surface area contributed by atoms with Gasteiger partial charge in [0.15, 0.2) is 5.17 Å². The molecule has 0 aliphatic carbocycles. The molecule has 0 amide bonds. The molecule has 1 aromatic heterocycles. The molecule has 130 valence electrons. The van der Waals surface area contributed by atoms with E-state index in [4.69, 9.17) is 4.99 Å².